The number of hydrogen-bond acceptors (Lipinski definition) is 4. The molecule has 2 atom stereocenters. The number of carbonyl (C=O) groups excluding carboxylic acids is 2. The molecular weight excluding hydrogens is 320 g/mol. The molecule has 2 N–H and O–H groups in total. The average molecular weight is 342 g/mol. The van der Waals surface area contributed by atoms with E-state index in [0.29, 0.717) is 31.6 Å². The number of imidazole rings is 1. The van der Waals surface area contributed by atoms with Gasteiger partial charge >= 0.3 is 0 Å². The Hall–Kier alpha value is -2.41. The summed E-state index contributed by atoms with van der Waals surface area (Å²) in [5.74, 6) is -0.331. The molecule has 4 heterocycles. The zero-order valence-corrected chi connectivity index (χ0v) is 14.2. The van der Waals surface area contributed by atoms with Gasteiger partial charge in [-0.3, -0.25) is 9.59 Å². The maximum absolute atomic E-state index is 13.0. The van der Waals surface area contributed by atoms with Crippen molar-refractivity contribution < 1.29 is 14.7 Å². The lowest BCUT2D eigenvalue weighted by molar-refractivity contribution is -0.147. The number of piperidine rings is 2. The first-order valence-electron chi connectivity index (χ1n) is 8.72. The summed E-state index contributed by atoms with van der Waals surface area (Å²) in [7, 11) is 0. The molecule has 2 aliphatic rings. The van der Waals surface area contributed by atoms with Gasteiger partial charge in [-0.15, -0.1) is 0 Å². The van der Waals surface area contributed by atoms with E-state index in [4.69, 9.17) is 0 Å². The fourth-order valence-corrected chi connectivity index (χ4v) is 4.03. The van der Waals surface area contributed by atoms with Crippen molar-refractivity contribution in [1.82, 2.24) is 19.6 Å². The number of aromatic nitrogens is 2. The number of hydrogen-bond donors (Lipinski definition) is 2. The van der Waals surface area contributed by atoms with Crippen molar-refractivity contribution in [3.63, 3.8) is 0 Å². The predicted octanol–water partition coefficient (Wildman–Crippen LogP) is 0.746. The minimum atomic E-state index is -0.888. The Morgan fingerprint density at radius 3 is 3.04 bits per heavy atom. The van der Waals surface area contributed by atoms with Crippen LogP contribution in [-0.4, -0.2) is 56.9 Å². The molecular formula is C18H22N4O3. The van der Waals surface area contributed by atoms with Gasteiger partial charge in [0.1, 0.15) is 11.3 Å². The second-order valence-electron chi connectivity index (χ2n) is 7.07. The number of likely N-dealkylation sites (tertiary alicyclic amines) is 1. The van der Waals surface area contributed by atoms with Crippen LogP contribution in [0.1, 0.15) is 35.4 Å². The van der Waals surface area contributed by atoms with Gasteiger partial charge in [-0.25, -0.2) is 4.98 Å². The van der Waals surface area contributed by atoms with Crippen molar-refractivity contribution in [2.45, 2.75) is 32.3 Å². The van der Waals surface area contributed by atoms with E-state index in [1.54, 1.807) is 11.1 Å². The van der Waals surface area contributed by atoms with Crippen LogP contribution in [0.25, 0.3) is 5.65 Å². The monoisotopic (exact) mass is 342 g/mol. The van der Waals surface area contributed by atoms with Crippen LogP contribution in [0.4, 0.5) is 0 Å². The Morgan fingerprint density at radius 2 is 2.28 bits per heavy atom. The number of amides is 2. The minimum absolute atomic E-state index is 0.144. The minimum Gasteiger partial charge on any atom is -0.392 e. The third kappa shape index (κ3) is 2.50. The molecule has 25 heavy (non-hydrogen) atoms. The molecule has 7 nitrogen and oxygen atoms in total. The highest BCUT2D eigenvalue weighted by Gasteiger charge is 2.50. The van der Waals surface area contributed by atoms with Crippen LogP contribution < -0.4 is 5.32 Å². The quantitative estimate of drug-likeness (QED) is 0.800. The second-order valence-corrected chi connectivity index (χ2v) is 7.07. The van der Waals surface area contributed by atoms with E-state index in [0.717, 1.165) is 17.8 Å². The van der Waals surface area contributed by atoms with Crippen molar-refractivity contribution in [1.29, 1.82) is 0 Å². The fraction of sp³-hybridized carbons (Fsp3) is 0.500. The highest BCUT2D eigenvalue weighted by atomic mass is 16.3. The molecule has 0 bridgehead atoms. The predicted molar refractivity (Wildman–Crippen MR) is 91.1 cm³/mol. The second kappa shape index (κ2) is 5.84. The van der Waals surface area contributed by atoms with Gasteiger partial charge in [0.15, 0.2) is 0 Å². The number of nitrogens with zero attached hydrogens (tertiary/aromatic N) is 3. The van der Waals surface area contributed by atoms with Crippen molar-refractivity contribution in [2.75, 3.05) is 19.6 Å². The van der Waals surface area contributed by atoms with Crippen molar-refractivity contribution in [2.24, 2.45) is 5.41 Å². The van der Waals surface area contributed by atoms with Crippen molar-refractivity contribution in [3.8, 4) is 0 Å². The lowest BCUT2D eigenvalue weighted by Gasteiger charge is -2.46. The van der Waals surface area contributed by atoms with Crippen LogP contribution in [0.5, 0.6) is 0 Å². The molecule has 7 heteroatoms. The van der Waals surface area contributed by atoms with E-state index < -0.39 is 11.5 Å². The number of aryl methyl sites for hydroxylation is 1. The lowest BCUT2D eigenvalue weighted by Crippen LogP contribution is -2.62. The van der Waals surface area contributed by atoms with Gasteiger partial charge in [-0.05, 0) is 38.3 Å². The number of aliphatic hydroxyl groups excluding tert-OH is 1. The van der Waals surface area contributed by atoms with E-state index in [9.17, 15) is 14.7 Å². The number of carbonyl (C=O) groups is 2. The lowest BCUT2D eigenvalue weighted by atomic mass is 9.71. The van der Waals surface area contributed by atoms with Crippen LogP contribution in [0.3, 0.4) is 0 Å². The molecule has 0 radical (unpaired) electrons. The summed E-state index contributed by atoms with van der Waals surface area (Å²) in [5, 5.41) is 13.3. The van der Waals surface area contributed by atoms with E-state index in [2.05, 4.69) is 10.3 Å². The van der Waals surface area contributed by atoms with Gasteiger partial charge < -0.3 is 19.7 Å². The normalized spacial score (nSPS) is 26.9. The molecule has 0 aliphatic carbocycles. The van der Waals surface area contributed by atoms with Crippen molar-refractivity contribution >= 4 is 17.5 Å². The summed E-state index contributed by atoms with van der Waals surface area (Å²) in [5.41, 5.74) is 1.21. The fourth-order valence-electron chi connectivity index (χ4n) is 4.03. The topological polar surface area (TPSA) is 86.9 Å². The molecule has 2 aromatic rings. The Morgan fingerprint density at radius 1 is 1.44 bits per heavy atom. The van der Waals surface area contributed by atoms with Gasteiger partial charge in [0.05, 0.1) is 11.5 Å². The SMILES string of the molecule is Cc1cccc2nc(C(=O)N3CC[C@H](O)[C@@]4(CCCNC4=O)C3)cn12. The molecule has 0 aromatic carbocycles. The van der Waals surface area contributed by atoms with E-state index in [1.807, 2.05) is 29.5 Å². The van der Waals surface area contributed by atoms with Crippen molar-refractivity contribution in [3.05, 3.63) is 35.8 Å². The third-order valence-electron chi connectivity index (χ3n) is 5.52. The van der Waals surface area contributed by atoms with Crippen LogP contribution in [0, 0.1) is 12.3 Å². The number of fused-ring (bicyclic) bond motifs is 1. The van der Waals surface area contributed by atoms with Crippen LogP contribution in [0.2, 0.25) is 0 Å². The zero-order chi connectivity index (χ0) is 17.6. The molecule has 2 saturated heterocycles. The number of pyridine rings is 1. The Balaban J connectivity index is 1.63. The molecule has 0 saturated carbocycles. The first kappa shape index (κ1) is 16.1. The zero-order valence-electron chi connectivity index (χ0n) is 14.2. The largest absolute Gasteiger partial charge is 0.392 e. The molecule has 2 aliphatic heterocycles. The molecule has 4 rings (SSSR count). The number of nitrogens with one attached hydrogen (secondary N) is 1. The van der Waals surface area contributed by atoms with Gasteiger partial charge in [-0.1, -0.05) is 6.07 Å². The summed E-state index contributed by atoms with van der Waals surface area (Å²) in [4.78, 5) is 31.5. The maximum Gasteiger partial charge on any atom is 0.274 e. The van der Waals surface area contributed by atoms with Crippen LogP contribution >= 0.6 is 0 Å². The third-order valence-corrected chi connectivity index (χ3v) is 5.52. The number of rotatable bonds is 1. The van der Waals surface area contributed by atoms with Gasteiger partial charge in [-0.2, -0.15) is 0 Å². The van der Waals surface area contributed by atoms with E-state index in [1.165, 1.54) is 0 Å². The van der Waals surface area contributed by atoms with Gasteiger partial charge in [0.2, 0.25) is 5.91 Å². The summed E-state index contributed by atoms with van der Waals surface area (Å²) >= 11 is 0. The smallest absolute Gasteiger partial charge is 0.274 e. The summed E-state index contributed by atoms with van der Waals surface area (Å²) in [6.45, 7) is 3.27. The molecule has 1 spiro atoms. The standard InChI is InChI=1S/C18H22N4O3/c1-12-4-2-5-15-20-13(10-22(12)15)16(24)21-9-6-14(23)18(11-21)7-3-8-19-17(18)25/h2,4-5,10,14,23H,3,6-9,11H2,1H3,(H,19,25)/t14-,18+/m0/s1. The van der Waals surface area contributed by atoms with Gasteiger partial charge in [0, 0.05) is 31.5 Å². The first-order valence-corrected chi connectivity index (χ1v) is 8.72. The number of aliphatic hydroxyl groups is 1. The summed E-state index contributed by atoms with van der Waals surface area (Å²) < 4.78 is 1.88. The van der Waals surface area contributed by atoms with Gasteiger partial charge in [0.25, 0.3) is 5.91 Å². The molecule has 2 amide bonds. The molecule has 2 aromatic heterocycles. The first-order chi connectivity index (χ1) is 12.0. The Bertz CT molecular complexity index is 846. The Kier molecular flexibility index (Phi) is 3.76. The van der Waals surface area contributed by atoms with E-state index in [-0.39, 0.29) is 18.4 Å². The maximum atomic E-state index is 13.0. The molecule has 0 unspecified atom stereocenters. The van der Waals surface area contributed by atoms with Crippen LogP contribution in [0.15, 0.2) is 24.4 Å². The molecule has 2 fully saturated rings. The highest BCUT2D eigenvalue weighted by Crippen LogP contribution is 2.37. The summed E-state index contributed by atoms with van der Waals surface area (Å²) in [6, 6.07) is 5.73. The Labute approximate surface area is 145 Å². The highest BCUT2D eigenvalue weighted by molar-refractivity contribution is 5.94. The average Bonchev–Trinajstić information content (AvgIpc) is 3.05. The van der Waals surface area contributed by atoms with E-state index >= 15 is 0 Å². The van der Waals surface area contributed by atoms with Crippen LogP contribution in [-0.2, 0) is 4.79 Å². The molecule has 132 valence electrons. The summed E-state index contributed by atoms with van der Waals surface area (Å²) in [6.07, 6.45) is 2.86.